The Bertz CT molecular complexity index is 571. The lowest BCUT2D eigenvalue weighted by molar-refractivity contribution is 0.489. The Kier molecular flexibility index (Phi) is 3.98. The molecule has 1 atom stereocenters. The van der Waals surface area contributed by atoms with Crippen LogP contribution in [-0.2, 0) is 16.3 Å². The van der Waals surface area contributed by atoms with E-state index in [9.17, 15) is 8.42 Å². The number of anilines is 1. The van der Waals surface area contributed by atoms with Crippen molar-refractivity contribution in [2.24, 2.45) is 0 Å². The molecule has 2 aliphatic heterocycles. The topological polar surface area (TPSA) is 49.4 Å². The fraction of sp³-hybridized carbons (Fsp3) is 0.600. The van der Waals surface area contributed by atoms with Crippen LogP contribution in [0.4, 0.5) is 5.69 Å². The van der Waals surface area contributed by atoms with Gasteiger partial charge in [0, 0.05) is 31.4 Å². The van der Waals surface area contributed by atoms with Crippen LogP contribution < -0.4 is 10.2 Å². The standard InChI is InChI=1S/C15H22N2O2S/c18-20(19)11-8-16-14(12-20)7-10-17-9-3-5-13-4-1-2-6-15(13)17/h1-2,4,6,14,16H,3,5,7-12H2. The first kappa shape index (κ1) is 13.9. The minimum atomic E-state index is -2.83. The summed E-state index contributed by atoms with van der Waals surface area (Å²) in [5.41, 5.74) is 2.75. The van der Waals surface area contributed by atoms with Gasteiger partial charge in [-0.05, 0) is 30.9 Å². The van der Waals surface area contributed by atoms with Gasteiger partial charge in [0.25, 0.3) is 0 Å². The van der Waals surface area contributed by atoms with Crippen molar-refractivity contribution >= 4 is 15.5 Å². The molecule has 1 aromatic rings. The van der Waals surface area contributed by atoms with Crippen molar-refractivity contribution in [1.82, 2.24) is 5.32 Å². The molecule has 1 aromatic carbocycles. The molecule has 4 nitrogen and oxygen atoms in total. The van der Waals surface area contributed by atoms with Gasteiger partial charge in [-0.15, -0.1) is 0 Å². The molecule has 2 aliphatic rings. The summed E-state index contributed by atoms with van der Waals surface area (Å²) in [6.45, 7) is 2.62. The van der Waals surface area contributed by atoms with Gasteiger partial charge in [0.15, 0.2) is 9.84 Å². The molecule has 0 aromatic heterocycles. The molecule has 0 bridgehead atoms. The van der Waals surface area contributed by atoms with Crippen molar-refractivity contribution < 1.29 is 8.42 Å². The Hall–Kier alpha value is -1.07. The van der Waals surface area contributed by atoms with Crippen LogP contribution in [0.2, 0.25) is 0 Å². The van der Waals surface area contributed by atoms with Gasteiger partial charge >= 0.3 is 0 Å². The summed E-state index contributed by atoms with van der Waals surface area (Å²) < 4.78 is 23.3. The maximum Gasteiger partial charge on any atom is 0.153 e. The van der Waals surface area contributed by atoms with E-state index in [1.807, 2.05) is 0 Å². The van der Waals surface area contributed by atoms with Crippen molar-refractivity contribution in [2.75, 3.05) is 36.0 Å². The van der Waals surface area contributed by atoms with Crippen LogP contribution in [0.15, 0.2) is 24.3 Å². The summed E-state index contributed by atoms with van der Waals surface area (Å²) in [6, 6.07) is 8.67. The highest BCUT2D eigenvalue weighted by Gasteiger charge is 2.25. The number of nitrogens with zero attached hydrogens (tertiary/aromatic N) is 1. The highest BCUT2D eigenvalue weighted by Crippen LogP contribution is 2.26. The van der Waals surface area contributed by atoms with Gasteiger partial charge < -0.3 is 10.2 Å². The molecule has 1 unspecified atom stereocenters. The molecule has 3 rings (SSSR count). The fourth-order valence-corrected chi connectivity index (χ4v) is 4.70. The quantitative estimate of drug-likeness (QED) is 0.910. The second-order valence-corrected chi connectivity index (χ2v) is 8.00. The van der Waals surface area contributed by atoms with Crippen molar-refractivity contribution in [2.45, 2.75) is 25.3 Å². The lowest BCUT2D eigenvalue weighted by atomic mass is 10.0. The van der Waals surface area contributed by atoms with E-state index in [0.717, 1.165) is 25.9 Å². The maximum atomic E-state index is 11.7. The van der Waals surface area contributed by atoms with Crippen LogP contribution in [0.5, 0.6) is 0 Å². The third kappa shape index (κ3) is 3.15. The van der Waals surface area contributed by atoms with Crippen molar-refractivity contribution in [3.63, 3.8) is 0 Å². The predicted molar refractivity (Wildman–Crippen MR) is 82.0 cm³/mol. The summed E-state index contributed by atoms with van der Waals surface area (Å²) in [7, 11) is -2.83. The van der Waals surface area contributed by atoms with Gasteiger partial charge in [0.2, 0.25) is 0 Å². The number of hydrogen-bond donors (Lipinski definition) is 1. The Morgan fingerprint density at radius 3 is 3.00 bits per heavy atom. The van der Waals surface area contributed by atoms with Crippen molar-refractivity contribution in [1.29, 1.82) is 0 Å². The Morgan fingerprint density at radius 2 is 2.15 bits per heavy atom. The Morgan fingerprint density at radius 1 is 1.30 bits per heavy atom. The van der Waals surface area contributed by atoms with E-state index in [-0.39, 0.29) is 11.8 Å². The molecule has 1 N–H and O–H groups in total. The highest BCUT2D eigenvalue weighted by molar-refractivity contribution is 7.91. The minimum Gasteiger partial charge on any atom is -0.371 e. The molecular formula is C15H22N2O2S. The molecule has 0 radical (unpaired) electrons. The Labute approximate surface area is 121 Å². The second-order valence-electron chi connectivity index (χ2n) is 5.77. The SMILES string of the molecule is O=S1(=O)CCNC(CCN2CCCc3ccccc32)C1. The number of aryl methyl sites for hydroxylation is 1. The highest BCUT2D eigenvalue weighted by atomic mass is 32.2. The van der Waals surface area contributed by atoms with E-state index in [4.69, 9.17) is 0 Å². The Balaban J connectivity index is 1.62. The van der Waals surface area contributed by atoms with E-state index in [1.165, 1.54) is 17.7 Å². The van der Waals surface area contributed by atoms with Crippen molar-refractivity contribution in [3.05, 3.63) is 29.8 Å². The van der Waals surface area contributed by atoms with Crippen LogP contribution in [-0.4, -0.2) is 45.6 Å². The van der Waals surface area contributed by atoms with Gasteiger partial charge in [-0.3, -0.25) is 0 Å². The molecule has 0 saturated carbocycles. The first-order chi connectivity index (χ1) is 9.64. The maximum absolute atomic E-state index is 11.7. The number of hydrogen-bond acceptors (Lipinski definition) is 4. The summed E-state index contributed by atoms with van der Waals surface area (Å²) >= 11 is 0. The number of nitrogens with one attached hydrogen (secondary N) is 1. The fourth-order valence-electron chi connectivity index (χ4n) is 3.21. The van der Waals surface area contributed by atoms with Gasteiger partial charge in [-0.2, -0.15) is 0 Å². The zero-order chi connectivity index (χ0) is 14.0. The van der Waals surface area contributed by atoms with E-state index in [0.29, 0.717) is 12.3 Å². The van der Waals surface area contributed by atoms with E-state index in [2.05, 4.69) is 34.5 Å². The van der Waals surface area contributed by atoms with Crippen LogP contribution in [0.3, 0.4) is 0 Å². The summed E-state index contributed by atoms with van der Waals surface area (Å²) in [5.74, 6) is 0.582. The third-order valence-electron chi connectivity index (χ3n) is 4.26. The molecule has 110 valence electrons. The molecule has 1 saturated heterocycles. The van der Waals surface area contributed by atoms with Gasteiger partial charge in [-0.1, -0.05) is 18.2 Å². The lowest BCUT2D eigenvalue weighted by Gasteiger charge is -2.33. The molecule has 2 heterocycles. The average Bonchev–Trinajstić information content (AvgIpc) is 2.44. The van der Waals surface area contributed by atoms with Crippen LogP contribution >= 0.6 is 0 Å². The number of rotatable bonds is 3. The van der Waals surface area contributed by atoms with Crippen LogP contribution in [0.25, 0.3) is 0 Å². The molecular weight excluding hydrogens is 272 g/mol. The molecule has 1 fully saturated rings. The van der Waals surface area contributed by atoms with Gasteiger partial charge in [0.1, 0.15) is 0 Å². The van der Waals surface area contributed by atoms with E-state index in [1.54, 1.807) is 0 Å². The molecule has 0 spiro atoms. The first-order valence-electron chi connectivity index (χ1n) is 7.41. The molecule has 0 amide bonds. The summed E-state index contributed by atoms with van der Waals surface area (Å²) in [4.78, 5) is 2.40. The average molecular weight is 294 g/mol. The molecule has 20 heavy (non-hydrogen) atoms. The third-order valence-corrected chi connectivity index (χ3v) is 5.99. The zero-order valence-corrected chi connectivity index (χ0v) is 12.5. The number of para-hydroxylation sites is 1. The molecule has 0 aliphatic carbocycles. The number of fused-ring (bicyclic) bond motifs is 1. The monoisotopic (exact) mass is 294 g/mol. The van der Waals surface area contributed by atoms with Crippen LogP contribution in [0.1, 0.15) is 18.4 Å². The summed E-state index contributed by atoms with van der Waals surface area (Å²) in [5, 5.41) is 3.33. The smallest absolute Gasteiger partial charge is 0.153 e. The number of sulfone groups is 1. The number of benzene rings is 1. The lowest BCUT2D eigenvalue weighted by Crippen LogP contribution is -2.46. The predicted octanol–water partition coefficient (Wildman–Crippen LogP) is 1.22. The first-order valence-corrected chi connectivity index (χ1v) is 9.23. The zero-order valence-electron chi connectivity index (χ0n) is 11.7. The normalized spacial score (nSPS) is 25.2. The summed E-state index contributed by atoms with van der Waals surface area (Å²) in [6.07, 6.45) is 3.24. The van der Waals surface area contributed by atoms with Crippen molar-refractivity contribution in [3.8, 4) is 0 Å². The van der Waals surface area contributed by atoms with E-state index < -0.39 is 9.84 Å². The van der Waals surface area contributed by atoms with Gasteiger partial charge in [-0.25, -0.2) is 8.42 Å². The largest absolute Gasteiger partial charge is 0.371 e. The van der Waals surface area contributed by atoms with Gasteiger partial charge in [0.05, 0.1) is 11.5 Å². The van der Waals surface area contributed by atoms with Crippen LogP contribution in [0, 0.1) is 0 Å². The second kappa shape index (κ2) is 5.74. The molecule has 5 heteroatoms. The van der Waals surface area contributed by atoms with E-state index >= 15 is 0 Å². The minimum absolute atomic E-state index is 0.114.